The Morgan fingerprint density at radius 1 is 1.04 bits per heavy atom. The summed E-state index contributed by atoms with van der Waals surface area (Å²) in [5.41, 5.74) is 6.41. The van der Waals surface area contributed by atoms with Crippen LogP contribution < -0.4 is 21.1 Å². The number of hydrazine groups is 1. The maximum atomic E-state index is 12.0. The van der Waals surface area contributed by atoms with Crippen LogP contribution in [0.3, 0.4) is 0 Å². The molecule has 2 aliphatic heterocycles. The zero-order valence-corrected chi connectivity index (χ0v) is 13.5. The first kappa shape index (κ1) is 16.3. The maximum Gasteiger partial charge on any atom is 0.251 e. The smallest absolute Gasteiger partial charge is 0.251 e. The van der Waals surface area contributed by atoms with Crippen LogP contribution in [-0.2, 0) is 14.4 Å². The third kappa shape index (κ3) is 3.84. The fraction of sp³-hybridized carbons (Fsp3) is 0.471. The Hall–Kier alpha value is -2.57. The van der Waals surface area contributed by atoms with E-state index in [0.717, 1.165) is 18.8 Å². The summed E-state index contributed by atoms with van der Waals surface area (Å²) in [6.07, 6.45) is 4.07. The van der Waals surface area contributed by atoms with Gasteiger partial charge in [0.1, 0.15) is 5.92 Å². The largest absolute Gasteiger partial charge is 0.372 e. The highest BCUT2D eigenvalue weighted by atomic mass is 16.2. The van der Waals surface area contributed by atoms with E-state index in [9.17, 15) is 14.4 Å². The van der Waals surface area contributed by atoms with Crippen LogP contribution in [0.4, 0.5) is 11.4 Å². The molecule has 7 nitrogen and oxygen atoms in total. The third-order valence-electron chi connectivity index (χ3n) is 4.47. The molecule has 0 atom stereocenters. The summed E-state index contributed by atoms with van der Waals surface area (Å²) in [5, 5.41) is 2.80. The number of amides is 3. The standard InChI is InChI=1S/C17H22N4O3/c22-15(9-8-14-16(23)19-20-17(14)24)18-12-4-6-13(7-5-12)21-10-2-1-3-11-21/h4-7,14H,1-3,8-11H2,(H,18,22)(H,19,23)(H,20,24). The second-order valence-electron chi connectivity index (χ2n) is 6.21. The number of anilines is 2. The molecule has 2 saturated heterocycles. The Labute approximate surface area is 140 Å². The van der Waals surface area contributed by atoms with Crippen molar-refractivity contribution in [2.45, 2.75) is 32.1 Å². The van der Waals surface area contributed by atoms with E-state index in [1.165, 1.54) is 24.9 Å². The molecule has 1 aromatic carbocycles. The molecule has 24 heavy (non-hydrogen) atoms. The second-order valence-corrected chi connectivity index (χ2v) is 6.21. The average Bonchev–Trinajstić information content (AvgIpc) is 2.93. The van der Waals surface area contributed by atoms with Crippen LogP contribution in [-0.4, -0.2) is 30.8 Å². The molecule has 2 fully saturated rings. The Balaban J connectivity index is 1.49. The van der Waals surface area contributed by atoms with Gasteiger partial charge in [0, 0.05) is 30.9 Å². The van der Waals surface area contributed by atoms with Crippen molar-refractivity contribution in [2.75, 3.05) is 23.3 Å². The molecule has 1 aromatic rings. The Morgan fingerprint density at radius 2 is 1.67 bits per heavy atom. The number of rotatable bonds is 5. The third-order valence-corrected chi connectivity index (χ3v) is 4.47. The van der Waals surface area contributed by atoms with Crippen molar-refractivity contribution in [1.82, 2.24) is 10.9 Å². The van der Waals surface area contributed by atoms with Gasteiger partial charge in [0.2, 0.25) is 5.91 Å². The first-order valence-electron chi connectivity index (χ1n) is 8.38. The fourth-order valence-corrected chi connectivity index (χ4v) is 3.09. The summed E-state index contributed by atoms with van der Waals surface area (Å²) >= 11 is 0. The van der Waals surface area contributed by atoms with E-state index in [4.69, 9.17) is 0 Å². The zero-order chi connectivity index (χ0) is 16.9. The van der Waals surface area contributed by atoms with Crippen molar-refractivity contribution >= 4 is 29.1 Å². The van der Waals surface area contributed by atoms with Gasteiger partial charge in [-0.1, -0.05) is 0 Å². The molecule has 0 bridgehead atoms. The number of hydrogen-bond acceptors (Lipinski definition) is 4. The summed E-state index contributed by atoms with van der Waals surface area (Å²) in [7, 11) is 0. The van der Waals surface area contributed by atoms with E-state index >= 15 is 0 Å². The predicted octanol–water partition coefficient (Wildman–Crippen LogP) is 1.17. The van der Waals surface area contributed by atoms with Gasteiger partial charge in [0.15, 0.2) is 0 Å². The molecule has 2 heterocycles. The number of hydrogen-bond donors (Lipinski definition) is 3. The number of carbonyl (C=O) groups excluding carboxylic acids is 3. The SMILES string of the molecule is O=C(CCC1C(=O)NNC1=O)Nc1ccc(N2CCCCC2)cc1. The molecule has 0 spiro atoms. The van der Waals surface area contributed by atoms with Gasteiger partial charge < -0.3 is 10.2 Å². The summed E-state index contributed by atoms with van der Waals surface area (Å²) in [6.45, 7) is 2.16. The summed E-state index contributed by atoms with van der Waals surface area (Å²) < 4.78 is 0. The Morgan fingerprint density at radius 3 is 2.29 bits per heavy atom. The highest BCUT2D eigenvalue weighted by Crippen LogP contribution is 2.22. The lowest BCUT2D eigenvalue weighted by Gasteiger charge is -2.28. The van der Waals surface area contributed by atoms with Crippen LogP contribution in [0.15, 0.2) is 24.3 Å². The molecule has 3 rings (SSSR count). The molecule has 128 valence electrons. The van der Waals surface area contributed by atoms with Crippen molar-refractivity contribution in [3.63, 3.8) is 0 Å². The first-order chi connectivity index (χ1) is 11.6. The highest BCUT2D eigenvalue weighted by molar-refractivity contribution is 6.05. The van der Waals surface area contributed by atoms with Gasteiger partial charge in [0.05, 0.1) is 0 Å². The summed E-state index contributed by atoms with van der Waals surface area (Å²) in [4.78, 5) is 37.2. The average molecular weight is 330 g/mol. The van der Waals surface area contributed by atoms with E-state index in [0.29, 0.717) is 0 Å². The maximum absolute atomic E-state index is 12.0. The van der Waals surface area contributed by atoms with Crippen LogP contribution in [0.25, 0.3) is 0 Å². The number of benzene rings is 1. The minimum atomic E-state index is -0.780. The van der Waals surface area contributed by atoms with Gasteiger partial charge in [-0.05, 0) is 49.9 Å². The van der Waals surface area contributed by atoms with Gasteiger partial charge in [0.25, 0.3) is 11.8 Å². The lowest BCUT2D eigenvalue weighted by atomic mass is 10.0. The molecule has 0 aliphatic carbocycles. The van der Waals surface area contributed by atoms with E-state index < -0.39 is 5.92 Å². The summed E-state index contributed by atoms with van der Waals surface area (Å²) in [6, 6.07) is 7.80. The van der Waals surface area contributed by atoms with Gasteiger partial charge in [-0.3, -0.25) is 25.2 Å². The van der Waals surface area contributed by atoms with Crippen molar-refractivity contribution in [2.24, 2.45) is 5.92 Å². The Kier molecular flexibility index (Phi) is 4.98. The van der Waals surface area contributed by atoms with E-state index in [1.807, 2.05) is 24.3 Å². The van der Waals surface area contributed by atoms with Crippen LogP contribution in [0.5, 0.6) is 0 Å². The molecular weight excluding hydrogens is 308 g/mol. The van der Waals surface area contributed by atoms with Crippen molar-refractivity contribution in [1.29, 1.82) is 0 Å². The Bertz CT molecular complexity index is 607. The van der Waals surface area contributed by atoms with Gasteiger partial charge in [-0.2, -0.15) is 0 Å². The van der Waals surface area contributed by atoms with Gasteiger partial charge >= 0.3 is 0 Å². The molecule has 7 heteroatoms. The van der Waals surface area contributed by atoms with Crippen molar-refractivity contribution < 1.29 is 14.4 Å². The topological polar surface area (TPSA) is 90.5 Å². The summed E-state index contributed by atoms with van der Waals surface area (Å²) in [5.74, 6) is -1.73. The lowest BCUT2D eigenvalue weighted by molar-refractivity contribution is -0.128. The normalized spacial score (nSPS) is 18.2. The minimum Gasteiger partial charge on any atom is -0.372 e. The van der Waals surface area contributed by atoms with Crippen LogP contribution >= 0.6 is 0 Å². The molecule has 0 saturated carbocycles. The van der Waals surface area contributed by atoms with Crippen molar-refractivity contribution in [3.05, 3.63) is 24.3 Å². The zero-order valence-electron chi connectivity index (χ0n) is 13.5. The lowest BCUT2D eigenvalue weighted by Crippen LogP contribution is -2.29. The number of carbonyl (C=O) groups is 3. The van der Waals surface area contributed by atoms with E-state index in [2.05, 4.69) is 21.1 Å². The number of nitrogens with zero attached hydrogens (tertiary/aromatic N) is 1. The second kappa shape index (κ2) is 7.33. The minimum absolute atomic E-state index is 0.124. The van der Waals surface area contributed by atoms with Gasteiger partial charge in [-0.15, -0.1) is 0 Å². The van der Waals surface area contributed by atoms with Gasteiger partial charge in [-0.25, -0.2) is 0 Å². The van der Waals surface area contributed by atoms with Crippen LogP contribution in [0.1, 0.15) is 32.1 Å². The first-order valence-corrected chi connectivity index (χ1v) is 8.38. The molecular formula is C17H22N4O3. The highest BCUT2D eigenvalue weighted by Gasteiger charge is 2.32. The molecule has 0 aromatic heterocycles. The van der Waals surface area contributed by atoms with E-state index in [1.54, 1.807) is 0 Å². The molecule has 3 amide bonds. The van der Waals surface area contributed by atoms with Crippen LogP contribution in [0.2, 0.25) is 0 Å². The molecule has 0 unspecified atom stereocenters. The van der Waals surface area contributed by atoms with E-state index in [-0.39, 0.29) is 30.6 Å². The fourth-order valence-electron chi connectivity index (χ4n) is 3.09. The quantitative estimate of drug-likeness (QED) is 0.707. The number of piperidine rings is 1. The van der Waals surface area contributed by atoms with Crippen molar-refractivity contribution in [3.8, 4) is 0 Å². The monoisotopic (exact) mass is 330 g/mol. The predicted molar refractivity (Wildman–Crippen MR) is 90.1 cm³/mol. The number of nitrogens with one attached hydrogen (secondary N) is 3. The molecule has 3 N–H and O–H groups in total. The molecule has 2 aliphatic rings. The van der Waals surface area contributed by atoms with Crippen LogP contribution in [0, 0.1) is 5.92 Å². The molecule has 0 radical (unpaired) electrons.